The van der Waals surface area contributed by atoms with Crippen LogP contribution in [0, 0.1) is 13.8 Å². The Bertz CT molecular complexity index is 875. The molecule has 0 saturated carbocycles. The van der Waals surface area contributed by atoms with Crippen molar-refractivity contribution in [1.82, 2.24) is 14.6 Å². The first kappa shape index (κ1) is 15.1. The molecule has 3 aromatic rings. The van der Waals surface area contributed by atoms with E-state index in [1.54, 1.807) is 0 Å². The van der Waals surface area contributed by atoms with Crippen molar-refractivity contribution in [2.45, 2.75) is 32.7 Å². The molecule has 124 valence electrons. The lowest BCUT2D eigenvalue weighted by molar-refractivity contribution is 0.499. The second-order valence-electron chi connectivity index (χ2n) is 6.75. The molecule has 4 rings (SSSR count). The summed E-state index contributed by atoms with van der Waals surface area (Å²) in [6, 6.07) is 8.96. The summed E-state index contributed by atoms with van der Waals surface area (Å²) >= 11 is 0. The predicted molar refractivity (Wildman–Crippen MR) is 97.3 cm³/mol. The van der Waals surface area contributed by atoms with Crippen LogP contribution in [-0.2, 0) is 0 Å². The monoisotopic (exact) mass is 321 g/mol. The van der Waals surface area contributed by atoms with E-state index in [2.05, 4.69) is 48.0 Å². The van der Waals surface area contributed by atoms with E-state index >= 15 is 0 Å². The van der Waals surface area contributed by atoms with Crippen LogP contribution < -0.4 is 10.6 Å². The number of rotatable bonds is 2. The summed E-state index contributed by atoms with van der Waals surface area (Å²) in [6.07, 6.45) is 5.78. The second-order valence-corrected chi connectivity index (χ2v) is 6.75. The number of nitrogens with two attached hydrogens (primary N) is 1. The number of piperidine rings is 1. The van der Waals surface area contributed by atoms with E-state index in [1.807, 2.05) is 16.9 Å². The molecule has 1 aromatic carbocycles. The van der Waals surface area contributed by atoms with Crippen molar-refractivity contribution in [2.75, 3.05) is 18.0 Å². The molecule has 5 heteroatoms. The van der Waals surface area contributed by atoms with Gasteiger partial charge in [-0.3, -0.25) is 0 Å². The number of benzene rings is 1. The Morgan fingerprint density at radius 1 is 1.12 bits per heavy atom. The van der Waals surface area contributed by atoms with Crippen LogP contribution in [0.2, 0.25) is 0 Å². The fourth-order valence-corrected chi connectivity index (χ4v) is 3.41. The maximum Gasteiger partial charge on any atom is 0.154 e. The number of hydrogen-bond acceptors (Lipinski definition) is 4. The molecule has 1 fully saturated rings. The molecule has 1 aliphatic rings. The number of fused-ring (bicyclic) bond motifs is 1. The van der Waals surface area contributed by atoms with Gasteiger partial charge in [0.15, 0.2) is 5.82 Å². The third-order valence-corrected chi connectivity index (χ3v) is 4.88. The van der Waals surface area contributed by atoms with Gasteiger partial charge >= 0.3 is 0 Å². The van der Waals surface area contributed by atoms with E-state index in [-0.39, 0.29) is 0 Å². The van der Waals surface area contributed by atoms with Crippen molar-refractivity contribution in [3.63, 3.8) is 0 Å². The largest absolute Gasteiger partial charge is 0.355 e. The van der Waals surface area contributed by atoms with Gasteiger partial charge in [0.05, 0.1) is 5.69 Å². The topological polar surface area (TPSA) is 59.5 Å². The number of anilines is 1. The van der Waals surface area contributed by atoms with Gasteiger partial charge in [0.2, 0.25) is 0 Å². The van der Waals surface area contributed by atoms with Crippen LogP contribution in [-0.4, -0.2) is 33.7 Å². The Labute approximate surface area is 142 Å². The molecule has 1 aliphatic heterocycles. The summed E-state index contributed by atoms with van der Waals surface area (Å²) in [5, 5.41) is 4.78. The van der Waals surface area contributed by atoms with Gasteiger partial charge in [-0.1, -0.05) is 17.7 Å². The first-order valence-corrected chi connectivity index (χ1v) is 8.54. The number of aryl methyl sites for hydroxylation is 2. The molecule has 0 unspecified atom stereocenters. The maximum absolute atomic E-state index is 6.03. The fraction of sp³-hybridized carbons (Fsp3) is 0.368. The SMILES string of the molecule is Cc1ccc(C)c(-c2cc3c(N4CCC(N)CC4)nccn3n2)c1. The number of nitrogens with zero attached hydrogens (tertiary/aromatic N) is 4. The Hall–Kier alpha value is -2.40. The molecular formula is C19H23N5. The van der Waals surface area contributed by atoms with Crippen LogP contribution >= 0.6 is 0 Å². The molecule has 0 amide bonds. The van der Waals surface area contributed by atoms with Gasteiger partial charge in [-0.05, 0) is 44.4 Å². The number of hydrogen-bond donors (Lipinski definition) is 1. The zero-order valence-corrected chi connectivity index (χ0v) is 14.2. The minimum Gasteiger partial charge on any atom is -0.355 e. The van der Waals surface area contributed by atoms with Gasteiger partial charge in [-0.15, -0.1) is 0 Å². The highest BCUT2D eigenvalue weighted by molar-refractivity contribution is 5.76. The summed E-state index contributed by atoms with van der Waals surface area (Å²) < 4.78 is 1.94. The highest BCUT2D eigenvalue weighted by atomic mass is 15.3. The lowest BCUT2D eigenvalue weighted by atomic mass is 10.0. The van der Waals surface area contributed by atoms with Crippen LogP contribution in [0.5, 0.6) is 0 Å². The van der Waals surface area contributed by atoms with Gasteiger partial charge in [0.25, 0.3) is 0 Å². The second kappa shape index (κ2) is 5.91. The standard InChI is InChI=1S/C19H23N5/c1-13-3-4-14(2)16(11-13)17-12-18-19(21-7-10-24(18)22-17)23-8-5-15(20)6-9-23/h3-4,7,10-12,15H,5-6,8-9,20H2,1-2H3. The maximum atomic E-state index is 6.03. The van der Waals surface area contributed by atoms with Crippen LogP contribution in [0.1, 0.15) is 24.0 Å². The van der Waals surface area contributed by atoms with Gasteiger partial charge in [0.1, 0.15) is 5.52 Å². The van der Waals surface area contributed by atoms with Crippen molar-refractivity contribution in [3.8, 4) is 11.3 Å². The predicted octanol–water partition coefficient (Wildman–Crippen LogP) is 2.94. The third-order valence-electron chi connectivity index (χ3n) is 4.88. The van der Waals surface area contributed by atoms with Crippen molar-refractivity contribution >= 4 is 11.3 Å². The van der Waals surface area contributed by atoms with Crippen molar-refractivity contribution in [1.29, 1.82) is 0 Å². The molecule has 0 radical (unpaired) electrons. The average molecular weight is 321 g/mol. The minimum absolute atomic E-state index is 0.316. The van der Waals surface area contributed by atoms with E-state index in [0.717, 1.165) is 43.0 Å². The summed E-state index contributed by atoms with van der Waals surface area (Å²) in [4.78, 5) is 6.95. The van der Waals surface area contributed by atoms with E-state index in [4.69, 9.17) is 10.8 Å². The van der Waals surface area contributed by atoms with Gasteiger partial charge in [-0.25, -0.2) is 9.50 Å². The molecular weight excluding hydrogens is 298 g/mol. The van der Waals surface area contributed by atoms with E-state index in [1.165, 1.54) is 16.7 Å². The van der Waals surface area contributed by atoms with E-state index in [0.29, 0.717) is 6.04 Å². The molecule has 0 bridgehead atoms. The first-order chi connectivity index (χ1) is 11.6. The molecule has 2 N–H and O–H groups in total. The number of aromatic nitrogens is 3. The third kappa shape index (κ3) is 2.65. The lowest BCUT2D eigenvalue weighted by Crippen LogP contribution is -2.40. The van der Waals surface area contributed by atoms with Crippen molar-refractivity contribution < 1.29 is 0 Å². The highest BCUT2D eigenvalue weighted by Gasteiger charge is 2.20. The Kier molecular flexibility index (Phi) is 3.73. The molecule has 24 heavy (non-hydrogen) atoms. The Balaban J connectivity index is 1.78. The molecule has 2 aromatic heterocycles. The molecule has 0 atom stereocenters. The van der Waals surface area contributed by atoms with Gasteiger partial charge < -0.3 is 10.6 Å². The molecule has 0 aliphatic carbocycles. The first-order valence-electron chi connectivity index (χ1n) is 8.54. The van der Waals surface area contributed by atoms with E-state index < -0.39 is 0 Å². The molecule has 3 heterocycles. The van der Waals surface area contributed by atoms with Crippen LogP contribution in [0.25, 0.3) is 16.8 Å². The average Bonchev–Trinajstić information content (AvgIpc) is 3.02. The zero-order valence-electron chi connectivity index (χ0n) is 14.2. The van der Waals surface area contributed by atoms with Crippen LogP contribution in [0.4, 0.5) is 5.82 Å². The summed E-state index contributed by atoms with van der Waals surface area (Å²) in [5.74, 6) is 1.01. The van der Waals surface area contributed by atoms with Crippen molar-refractivity contribution in [2.24, 2.45) is 5.73 Å². The smallest absolute Gasteiger partial charge is 0.154 e. The zero-order chi connectivity index (χ0) is 16.7. The normalized spacial score (nSPS) is 16.0. The summed E-state index contributed by atoms with van der Waals surface area (Å²) in [5.41, 5.74) is 11.8. The highest BCUT2D eigenvalue weighted by Crippen LogP contribution is 2.28. The summed E-state index contributed by atoms with van der Waals surface area (Å²) in [6.45, 7) is 6.16. The van der Waals surface area contributed by atoms with Gasteiger partial charge in [-0.2, -0.15) is 5.10 Å². The minimum atomic E-state index is 0.316. The quantitative estimate of drug-likeness (QED) is 0.788. The van der Waals surface area contributed by atoms with Gasteiger partial charge in [0, 0.05) is 37.1 Å². The Morgan fingerprint density at radius 2 is 1.92 bits per heavy atom. The van der Waals surface area contributed by atoms with Crippen LogP contribution in [0.15, 0.2) is 36.7 Å². The summed E-state index contributed by atoms with van der Waals surface area (Å²) in [7, 11) is 0. The van der Waals surface area contributed by atoms with Crippen molar-refractivity contribution in [3.05, 3.63) is 47.8 Å². The molecule has 1 saturated heterocycles. The van der Waals surface area contributed by atoms with Crippen LogP contribution in [0.3, 0.4) is 0 Å². The lowest BCUT2D eigenvalue weighted by Gasteiger charge is -2.31. The Morgan fingerprint density at radius 3 is 2.71 bits per heavy atom. The fourth-order valence-electron chi connectivity index (χ4n) is 3.41. The molecule has 0 spiro atoms. The van der Waals surface area contributed by atoms with E-state index in [9.17, 15) is 0 Å². The molecule has 5 nitrogen and oxygen atoms in total.